The van der Waals surface area contributed by atoms with Crippen LogP contribution in [0.15, 0.2) is 94.5 Å². The van der Waals surface area contributed by atoms with Gasteiger partial charge in [0.1, 0.15) is 17.0 Å². The largest absolute Gasteiger partial charge is 0.381 e. The Morgan fingerprint density at radius 3 is 2.45 bits per heavy atom. The van der Waals surface area contributed by atoms with Crippen molar-refractivity contribution in [3.63, 3.8) is 0 Å². The third-order valence-electron chi connectivity index (χ3n) is 13.4. The monoisotopic (exact) mass is 974 g/mol. The average Bonchev–Trinajstić information content (AvgIpc) is 3.77. The molecule has 5 heterocycles. The number of halogens is 2. The number of pyridine rings is 1. The lowest BCUT2D eigenvalue weighted by Gasteiger charge is -2.40. The van der Waals surface area contributed by atoms with Crippen molar-refractivity contribution in [3.05, 3.63) is 111 Å². The van der Waals surface area contributed by atoms with Crippen molar-refractivity contribution in [2.75, 3.05) is 79.9 Å². The van der Waals surface area contributed by atoms with Crippen LogP contribution in [0.5, 0.6) is 0 Å². The number of hydrogen-bond donors (Lipinski definition) is 3. The molecule has 0 saturated carbocycles. The number of nitro groups is 1. The van der Waals surface area contributed by atoms with Gasteiger partial charge in [-0.25, -0.2) is 30.9 Å². The molecule has 2 aromatic heterocycles. The minimum absolute atomic E-state index is 0.0626. The van der Waals surface area contributed by atoms with Gasteiger partial charge in [0.2, 0.25) is 0 Å². The Labute approximate surface area is 393 Å². The van der Waals surface area contributed by atoms with Gasteiger partial charge in [-0.15, -0.1) is 0 Å². The first-order chi connectivity index (χ1) is 31.9. The van der Waals surface area contributed by atoms with Crippen LogP contribution >= 0.6 is 11.6 Å². The zero-order valence-corrected chi connectivity index (χ0v) is 39.6. The minimum atomic E-state index is -4.73. The summed E-state index contributed by atoms with van der Waals surface area (Å²) in [7, 11) is -8.57. The van der Waals surface area contributed by atoms with Crippen LogP contribution in [0.3, 0.4) is 0 Å². The summed E-state index contributed by atoms with van der Waals surface area (Å²) in [6, 6.07) is 19.6. The van der Waals surface area contributed by atoms with E-state index in [1.54, 1.807) is 35.4 Å². The van der Waals surface area contributed by atoms with E-state index < -0.39 is 46.9 Å². The highest BCUT2D eigenvalue weighted by Gasteiger charge is 2.36. The number of aromatic nitrogens is 2. The third-order valence-corrected chi connectivity index (χ3v) is 16.6. The van der Waals surface area contributed by atoms with Crippen LogP contribution in [-0.4, -0.2) is 113 Å². The van der Waals surface area contributed by atoms with Gasteiger partial charge in [0.25, 0.3) is 21.6 Å². The highest BCUT2D eigenvalue weighted by atomic mass is 35.5. The molecule has 1 aliphatic carbocycles. The molecule has 5 aromatic rings. The molecule has 16 nitrogen and oxygen atoms in total. The number of nitrogens with zero attached hydrogens (tertiary/aromatic N) is 5. The lowest BCUT2D eigenvalue weighted by Crippen LogP contribution is -2.47. The predicted molar refractivity (Wildman–Crippen MR) is 256 cm³/mol. The van der Waals surface area contributed by atoms with Crippen molar-refractivity contribution in [1.29, 1.82) is 0 Å². The molecule has 0 spiro atoms. The second-order valence-electron chi connectivity index (χ2n) is 18.6. The number of piperazine rings is 1. The van der Waals surface area contributed by atoms with Crippen LogP contribution in [-0.2, 0) is 24.6 Å². The Morgan fingerprint density at radius 1 is 0.970 bits per heavy atom. The number of rotatable bonds is 12. The Balaban J connectivity index is 1.00. The number of fused-ring (bicyclic) bond motifs is 2. The number of sulfonamides is 1. The van der Waals surface area contributed by atoms with Gasteiger partial charge in [-0.3, -0.25) is 19.8 Å². The van der Waals surface area contributed by atoms with E-state index in [2.05, 4.69) is 55.8 Å². The fraction of sp³-hybridized carbons (Fsp3) is 0.404. The van der Waals surface area contributed by atoms with Crippen molar-refractivity contribution < 1.29 is 35.7 Å². The Hall–Kier alpha value is -5.60. The fourth-order valence-corrected chi connectivity index (χ4v) is 11.9. The summed E-state index contributed by atoms with van der Waals surface area (Å²) in [5.41, 5.74) is 3.32. The summed E-state index contributed by atoms with van der Waals surface area (Å²) < 4.78 is 77.4. The number of nitro benzene ring substituents is 1. The molecule has 354 valence electrons. The number of sulfone groups is 1. The van der Waals surface area contributed by atoms with Crippen molar-refractivity contribution >= 4 is 82.4 Å². The normalized spacial score (nSPS) is 19.5. The summed E-state index contributed by atoms with van der Waals surface area (Å²) in [4.78, 5) is 38.9. The third kappa shape index (κ3) is 9.88. The van der Waals surface area contributed by atoms with Crippen LogP contribution in [0, 0.1) is 15.5 Å². The van der Waals surface area contributed by atoms with Crippen molar-refractivity contribution in [3.8, 4) is 0 Å². The first-order valence-corrected chi connectivity index (χ1v) is 25.8. The number of benzene rings is 3. The number of anilines is 4. The van der Waals surface area contributed by atoms with E-state index in [4.69, 9.17) is 16.3 Å². The SMILES string of the molecule is CC1(C)CCC(CN2CCN(c3ccc(C(=O)NS(=O)(=O)c4ccc(NCC5(F)CCOCC5)c([N+](=O)[O-])c4)c(N4CCS(=O)(=O)c5nc6[nH]ccc6cc54)c3)CC2)=C(c2ccc(Cl)cc2)C1. The first kappa shape index (κ1) is 46.5. The molecule has 20 heteroatoms. The van der Waals surface area contributed by atoms with Crippen LogP contribution in [0.25, 0.3) is 16.6 Å². The maximum atomic E-state index is 15.3. The summed E-state index contributed by atoms with van der Waals surface area (Å²) in [6.45, 7) is 8.36. The topological polar surface area (TPSA) is 200 Å². The molecule has 0 radical (unpaired) electrons. The van der Waals surface area contributed by atoms with E-state index >= 15 is 4.39 Å². The predicted octanol–water partition coefficient (Wildman–Crippen LogP) is 7.89. The molecular weight excluding hydrogens is 923 g/mol. The molecule has 1 amide bonds. The number of H-pyrrole nitrogens is 1. The number of allylic oxidation sites excluding steroid dienone is 1. The van der Waals surface area contributed by atoms with E-state index in [1.165, 1.54) is 28.8 Å². The van der Waals surface area contributed by atoms with Crippen LogP contribution in [0.2, 0.25) is 5.02 Å². The van der Waals surface area contributed by atoms with Crippen LogP contribution in [0.1, 0.15) is 61.9 Å². The lowest BCUT2D eigenvalue weighted by atomic mass is 9.72. The van der Waals surface area contributed by atoms with E-state index in [9.17, 15) is 31.7 Å². The van der Waals surface area contributed by atoms with Crippen molar-refractivity contribution in [1.82, 2.24) is 19.6 Å². The molecule has 67 heavy (non-hydrogen) atoms. The smallest absolute Gasteiger partial charge is 0.293 e. The molecular formula is C47H52ClFN8O8S2. The maximum Gasteiger partial charge on any atom is 0.293 e. The molecule has 2 fully saturated rings. The Bertz CT molecular complexity index is 3000. The van der Waals surface area contributed by atoms with Crippen LogP contribution < -0.4 is 19.8 Å². The quantitative estimate of drug-likeness (QED) is 0.0806. The molecule has 0 atom stereocenters. The number of nitrogens with one attached hydrogen (secondary N) is 3. The maximum absolute atomic E-state index is 15.3. The Kier molecular flexibility index (Phi) is 12.6. The van der Waals surface area contributed by atoms with Crippen molar-refractivity contribution in [2.24, 2.45) is 5.41 Å². The minimum Gasteiger partial charge on any atom is -0.381 e. The molecule has 0 bridgehead atoms. The van der Waals surface area contributed by atoms with Gasteiger partial charge >= 0.3 is 0 Å². The summed E-state index contributed by atoms with van der Waals surface area (Å²) >= 11 is 6.25. The molecule has 3 aliphatic heterocycles. The molecule has 0 unspecified atom stereocenters. The summed E-state index contributed by atoms with van der Waals surface area (Å²) in [6.07, 6.45) is 4.91. The zero-order chi connectivity index (χ0) is 47.3. The number of carbonyl (C=O) groups excluding carboxylic acids is 1. The van der Waals surface area contributed by atoms with Gasteiger partial charge in [-0.05, 0) is 90.4 Å². The van der Waals surface area contributed by atoms with E-state index in [0.717, 1.165) is 56.7 Å². The molecule has 2 saturated heterocycles. The number of carbonyl (C=O) groups is 1. The second kappa shape index (κ2) is 18.1. The highest BCUT2D eigenvalue weighted by molar-refractivity contribution is 7.91. The molecule has 9 rings (SSSR count). The van der Waals surface area contributed by atoms with Crippen LogP contribution in [0.4, 0.5) is 32.8 Å². The Morgan fingerprint density at radius 2 is 1.72 bits per heavy atom. The molecule has 3 aromatic carbocycles. The van der Waals surface area contributed by atoms with Gasteiger partial charge in [-0.2, -0.15) is 0 Å². The average molecular weight is 976 g/mol. The summed E-state index contributed by atoms with van der Waals surface area (Å²) in [5, 5.41) is 16.1. The first-order valence-electron chi connectivity index (χ1n) is 22.3. The van der Waals surface area contributed by atoms with Gasteiger partial charge in [-0.1, -0.05) is 43.2 Å². The molecule has 3 N–H and O–H groups in total. The molecule has 4 aliphatic rings. The van der Waals surface area contributed by atoms with Gasteiger partial charge < -0.3 is 24.8 Å². The van der Waals surface area contributed by atoms with E-state index in [0.29, 0.717) is 29.1 Å². The van der Waals surface area contributed by atoms with Crippen molar-refractivity contribution in [2.45, 2.75) is 61.5 Å². The van der Waals surface area contributed by atoms with Gasteiger partial charge in [0.15, 0.2) is 14.9 Å². The number of alkyl halides is 1. The number of ether oxygens (including phenoxy) is 1. The number of aromatic amines is 1. The summed E-state index contributed by atoms with van der Waals surface area (Å²) in [5.74, 6) is -1.37. The van der Waals surface area contributed by atoms with E-state index in [1.807, 2.05) is 12.1 Å². The second-order valence-corrected chi connectivity index (χ2v) is 22.7. The standard InChI is InChI=1S/C47H52ClFN8O8S2/c1-46(2)13-11-33(38(28-46)31-3-5-34(48)6-4-31)29-54-17-19-55(20-18-54)35-7-9-37(40(26-35)56-21-24-66(61,62)45-42(56)25-32-12-16-50-43(32)52-45)44(58)53-67(63,64)36-8-10-39(41(27-36)57(59)60)51-30-47(49)14-22-65-23-15-47/h3-10,12,16,25-27,51H,11,13-15,17-24,28-30H2,1-2H3,(H,50,52)(H,53,58). The lowest BCUT2D eigenvalue weighted by molar-refractivity contribution is -0.384. The number of hydrogen-bond acceptors (Lipinski definition) is 13. The number of amides is 1. The highest BCUT2D eigenvalue weighted by Crippen LogP contribution is 2.44. The van der Waals surface area contributed by atoms with Gasteiger partial charge in [0.05, 0.1) is 32.5 Å². The van der Waals surface area contributed by atoms with E-state index in [-0.39, 0.29) is 78.0 Å². The zero-order valence-electron chi connectivity index (χ0n) is 37.2. The van der Waals surface area contributed by atoms with Gasteiger partial charge in [0, 0.05) is 100 Å². The fourth-order valence-electron chi connectivity index (χ4n) is 9.47.